The summed E-state index contributed by atoms with van der Waals surface area (Å²) in [5.41, 5.74) is 0.508. The number of benzene rings is 1. The minimum atomic E-state index is -0.449. The molecule has 25 heavy (non-hydrogen) atoms. The lowest BCUT2D eigenvalue weighted by molar-refractivity contribution is -0.148. The van der Waals surface area contributed by atoms with E-state index in [1.165, 1.54) is 0 Å². The van der Waals surface area contributed by atoms with E-state index in [0.29, 0.717) is 29.5 Å². The smallest absolute Gasteiger partial charge is 0.306 e. The van der Waals surface area contributed by atoms with Gasteiger partial charge in [0.2, 0.25) is 0 Å². The van der Waals surface area contributed by atoms with E-state index in [9.17, 15) is 14.4 Å². The van der Waals surface area contributed by atoms with Gasteiger partial charge >= 0.3 is 5.97 Å². The third-order valence-electron chi connectivity index (χ3n) is 4.03. The molecule has 1 aromatic carbocycles. The first kappa shape index (κ1) is 19.2. The van der Waals surface area contributed by atoms with Gasteiger partial charge in [0.15, 0.2) is 6.61 Å². The van der Waals surface area contributed by atoms with Crippen molar-refractivity contribution >= 4 is 29.4 Å². The van der Waals surface area contributed by atoms with Gasteiger partial charge in [-0.1, -0.05) is 11.6 Å². The van der Waals surface area contributed by atoms with Gasteiger partial charge in [-0.05, 0) is 56.4 Å². The molecule has 2 N–H and O–H groups in total. The molecule has 0 spiro atoms. The number of rotatable bonds is 9. The third-order valence-corrected chi connectivity index (χ3v) is 4.28. The summed E-state index contributed by atoms with van der Waals surface area (Å²) >= 11 is 5.76. The van der Waals surface area contributed by atoms with Crippen molar-refractivity contribution in [2.45, 2.75) is 38.6 Å². The molecule has 1 aromatic rings. The van der Waals surface area contributed by atoms with Gasteiger partial charge in [-0.2, -0.15) is 0 Å². The molecule has 0 saturated heterocycles. The first-order valence-electron chi connectivity index (χ1n) is 8.44. The van der Waals surface area contributed by atoms with E-state index in [1.54, 1.807) is 24.3 Å². The molecular formula is C18H23ClN2O4. The zero-order valence-corrected chi connectivity index (χ0v) is 15.0. The summed E-state index contributed by atoms with van der Waals surface area (Å²) in [6, 6.07) is 6.68. The van der Waals surface area contributed by atoms with Crippen LogP contribution in [0.2, 0.25) is 5.02 Å². The first-order valence-corrected chi connectivity index (χ1v) is 8.82. The maximum atomic E-state index is 11.9. The molecule has 0 bridgehead atoms. The van der Waals surface area contributed by atoms with Crippen LogP contribution in [0.15, 0.2) is 24.3 Å². The maximum absolute atomic E-state index is 11.9. The highest BCUT2D eigenvalue weighted by atomic mass is 35.5. The second kappa shape index (κ2) is 9.42. The number of esters is 1. The zero-order valence-electron chi connectivity index (χ0n) is 14.2. The molecule has 0 radical (unpaired) electrons. The van der Waals surface area contributed by atoms with E-state index in [0.717, 1.165) is 12.8 Å². The fourth-order valence-electron chi connectivity index (χ4n) is 2.37. The number of amides is 2. The molecular weight excluding hydrogens is 344 g/mol. The van der Waals surface area contributed by atoms with Crippen LogP contribution in [-0.2, 0) is 14.3 Å². The summed E-state index contributed by atoms with van der Waals surface area (Å²) in [6.07, 6.45) is 2.87. The van der Waals surface area contributed by atoms with E-state index in [4.69, 9.17) is 16.3 Å². The normalized spacial score (nSPS) is 14.5. The molecule has 2 amide bonds. The van der Waals surface area contributed by atoms with E-state index in [1.807, 2.05) is 6.92 Å². The molecule has 1 fully saturated rings. The van der Waals surface area contributed by atoms with E-state index in [-0.39, 0.29) is 30.9 Å². The van der Waals surface area contributed by atoms with Crippen molar-refractivity contribution in [3.63, 3.8) is 0 Å². The highest BCUT2D eigenvalue weighted by Gasteiger charge is 2.28. The van der Waals surface area contributed by atoms with Gasteiger partial charge in [-0.15, -0.1) is 0 Å². The van der Waals surface area contributed by atoms with Crippen LogP contribution >= 0.6 is 11.6 Å². The summed E-state index contributed by atoms with van der Waals surface area (Å²) in [5, 5.41) is 6.10. The van der Waals surface area contributed by atoms with Crippen molar-refractivity contribution in [3.05, 3.63) is 34.9 Å². The van der Waals surface area contributed by atoms with E-state index < -0.39 is 5.97 Å². The van der Waals surface area contributed by atoms with Gasteiger partial charge in [0, 0.05) is 29.6 Å². The van der Waals surface area contributed by atoms with Gasteiger partial charge in [-0.25, -0.2) is 0 Å². The number of hydrogen-bond acceptors (Lipinski definition) is 4. The SMILES string of the molecule is CC(NC(=O)COC(=O)CCCNC(=O)c1ccc(Cl)cc1)C1CC1. The molecule has 2 rings (SSSR count). The Morgan fingerprint density at radius 3 is 2.56 bits per heavy atom. The summed E-state index contributed by atoms with van der Waals surface area (Å²) < 4.78 is 4.93. The molecule has 1 unspecified atom stereocenters. The van der Waals surface area contributed by atoms with Crippen molar-refractivity contribution in [2.24, 2.45) is 5.92 Å². The first-order chi connectivity index (χ1) is 12.0. The second-order valence-electron chi connectivity index (χ2n) is 6.22. The summed E-state index contributed by atoms with van der Waals surface area (Å²) in [6.45, 7) is 2.05. The van der Waals surface area contributed by atoms with Crippen LogP contribution in [0.5, 0.6) is 0 Å². The lowest BCUT2D eigenvalue weighted by Gasteiger charge is -2.12. The van der Waals surface area contributed by atoms with E-state index in [2.05, 4.69) is 10.6 Å². The average molecular weight is 367 g/mol. The fourth-order valence-corrected chi connectivity index (χ4v) is 2.49. The Hall–Kier alpha value is -2.08. The van der Waals surface area contributed by atoms with Crippen LogP contribution in [0.4, 0.5) is 0 Å². The van der Waals surface area contributed by atoms with Crippen LogP contribution in [0.25, 0.3) is 0 Å². The Labute approximate surface area is 152 Å². The van der Waals surface area contributed by atoms with Crippen molar-refractivity contribution in [1.82, 2.24) is 10.6 Å². The fraction of sp³-hybridized carbons (Fsp3) is 0.500. The van der Waals surface area contributed by atoms with E-state index >= 15 is 0 Å². The lowest BCUT2D eigenvalue weighted by atomic mass is 10.2. The summed E-state index contributed by atoms with van der Waals surface area (Å²) in [5.74, 6) is -0.388. The summed E-state index contributed by atoms with van der Waals surface area (Å²) in [7, 11) is 0. The monoisotopic (exact) mass is 366 g/mol. The molecule has 0 aromatic heterocycles. The lowest BCUT2D eigenvalue weighted by Crippen LogP contribution is -2.37. The van der Waals surface area contributed by atoms with Crippen LogP contribution in [0, 0.1) is 5.92 Å². The third kappa shape index (κ3) is 7.13. The molecule has 1 atom stereocenters. The van der Waals surface area contributed by atoms with Crippen molar-refractivity contribution in [2.75, 3.05) is 13.2 Å². The van der Waals surface area contributed by atoms with Crippen LogP contribution in [-0.4, -0.2) is 37.0 Å². The van der Waals surface area contributed by atoms with Crippen LogP contribution < -0.4 is 10.6 Å². The Bertz CT molecular complexity index is 614. The maximum Gasteiger partial charge on any atom is 0.306 e. The van der Waals surface area contributed by atoms with Crippen LogP contribution in [0.1, 0.15) is 43.0 Å². The Morgan fingerprint density at radius 1 is 1.24 bits per heavy atom. The molecule has 7 heteroatoms. The minimum absolute atomic E-state index is 0.134. The molecule has 0 heterocycles. The van der Waals surface area contributed by atoms with Gasteiger partial charge in [-0.3, -0.25) is 14.4 Å². The molecule has 0 aliphatic heterocycles. The quantitative estimate of drug-likeness (QED) is 0.519. The predicted octanol–water partition coefficient (Wildman–Crippen LogP) is 2.31. The predicted molar refractivity (Wildman–Crippen MR) is 94.3 cm³/mol. The standard InChI is InChI=1S/C18H23ClN2O4/c1-12(13-4-5-13)21-16(22)11-25-17(23)3-2-10-20-18(24)14-6-8-15(19)9-7-14/h6-9,12-13H,2-5,10-11H2,1H3,(H,20,24)(H,21,22). The zero-order chi connectivity index (χ0) is 18.2. The highest BCUT2D eigenvalue weighted by Crippen LogP contribution is 2.32. The number of ether oxygens (including phenoxy) is 1. The van der Waals surface area contributed by atoms with Gasteiger partial charge in [0.05, 0.1) is 0 Å². The largest absolute Gasteiger partial charge is 0.456 e. The molecule has 6 nitrogen and oxygen atoms in total. The molecule has 136 valence electrons. The Morgan fingerprint density at radius 2 is 1.92 bits per heavy atom. The van der Waals surface area contributed by atoms with Gasteiger partial charge in [0.25, 0.3) is 11.8 Å². The molecule has 1 aliphatic rings. The average Bonchev–Trinajstić information content (AvgIpc) is 3.42. The van der Waals surface area contributed by atoms with Crippen molar-refractivity contribution in [3.8, 4) is 0 Å². The number of hydrogen-bond donors (Lipinski definition) is 2. The number of nitrogens with one attached hydrogen (secondary N) is 2. The number of carbonyl (C=O) groups is 3. The minimum Gasteiger partial charge on any atom is -0.456 e. The highest BCUT2D eigenvalue weighted by molar-refractivity contribution is 6.30. The Kier molecular flexibility index (Phi) is 7.25. The van der Waals surface area contributed by atoms with Gasteiger partial charge < -0.3 is 15.4 Å². The second-order valence-corrected chi connectivity index (χ2v) is 6.66. The molecule has 1 saturated carbocycles. The van der Waals surface area contributed by atoms with Gasteiger partial charge in [0.1, 0.15) is 0 Å². The van der Waals surface area contributed by atoms with Crippen molar-refractivity contribution < 1.29 is 19.1 Å². The molecule has 1 aliphatic carbocycles. The number of halogens is 1. The Balaban J connectivity index is 1.55. The van der Waals surface area contributed by atoms with Crippen LogP contribution in [0.3, 0.4) is 0 Å². The summed E-state index contributed by atoms with van der Waals surface area (Å²) in [4.78, 5) is 35.1. The topological polar surface area (TPSA) is 84.5 Å². The number of carbonyl (C=O) groups excluding carboxylic acids is 3. The van der Waals surface area contributed by atoms with Crippen molar-refractivity contribution in [1.29, 1.82) is 0 Å².